The summed E-state index contributed by atoms with van der Waals surface area (Å²) in [6, 6.07) is 0. The molecule has 1 unspecified atom stereocenters. The molecular weight excluding hydrogens is 256 g/mol. The maximum Gasteiger partial charge on any atom is 0.330 e. The topological polar surface area (TPSA) is 35.5 Å². The first-order valence-corrected chi connectivity index (χ1v) is 10.1. The van der Waals surface area contributed by atoms with Crippen LogP contribution in [-0.2, 0) is 14.0 Å². The zero-order valence-electron chi connectivity index (χ0n) is 13.2. The molecule has 3 nitrogen and oxygen atoms in total. The van der Waals surface area contributed by atoms with Gasteiger partial charge in [-0.15, -0.1) is 0 Å². The first-order valence-electron chi connectivity index (χ1n) is 7.22. The van der Waals surface area contributed by atoms with E-state index in [1.54, 1.807) is 6.08 Å². The lowest BCUT2D eigenvalue weighted by atomic mass is 10.2. The largest absolute Gasteiger partial charge is 0.463 e. The minimum atomic E-state index is -1.77. The molecule has 4 heteroatoms. The summed E-state index contributed by atoms with van der Waals surface area (Å²) in [5, 5.41) is 0.199. The number of carbonyl (C=O) groups excluding carboxylic acids is 1. The molecule has 1 saturated carbocycles. The summed E-state index contributed by atoms with van der Waals surface area (Å²) in [6.45, 7) is 13.5. The Morgan fingerprint density at radius 3 is 2.58 bits per heavy atom. The highest BCUT2D eigenvalue weighted by Gasteiger charge is 2.40. The van der Waals surface area contributed by atoms with E-state index in [-0.39, 0.29) is 17.1 Å². The molecule has 1 aliphatic rings. The fraction of sp³-hybridized carbons (Fsp3) is 0.800. The van der Waals surface area contributed by atoms with Gasteiger partial charge in [-0.05, 0) is 49.9 Å². The summed E-state index contributed by atoms with van der Waals surface area (Å²) in [4.78, 5) is 11.6. The monoisotopic (exact) mass is 284 g/mol. The zero-order valence-corrected chi connectivity index (χ0v) is 14.2. The molecule has 0 radical (unpaired) electrons. The maximum absolute atomic E-state index is 11.6. The maximum atomic E-state index is 11.6. The van der Waals surface area contributed by atoms with Crippen LogP contribution < -0.4 is 0 Å². The summed E-state index contributed by atoms with van der Waals surface area (Å²) in [5.74, 6) is -0.233. The number of carbonyl (C=O) groups is 1. The molecule has 0 bridgehead atoms. The van der Waals surface area contributed by atoms with Gasteiger partial charge in [0.05, 0.1) is 12.7 Å². The zero-order chi connectivity index (χ0) is 14.7. The number of hydrogen-bond donors (Lipinski definition) is 0. The van der Waals surface area contributed by atoms with Crippen molar-refractivity contribution in [2.75, 3.05) is 6.61 Å². The van der Waals surface area contributed by atoms with Gasteiger partial charge in [0.15, 0.2) is 8.32 Å². The van der Waals surface area contributed by atoms with Crippen molar-refractivity contribution in [2.24, 2.45) is 0 Å². The van der Waals surface area contributed by atoms with Gasteiger partial charge in [0.25, 0.3) is 0 Å². The van der Waals surface area contributed by atoms with Crippen LogP contribution in [0.5, 0.6) is 0 Å². The van der Waals surface area contributed by atoms with Crippen molar-refractivity contribution in [2.45, 2.75) is 71.2 Å². The van der Waals surface area contributed by atoms with Gasteiger partial charge in [-0.2, -0.15) is 0 Å². The smallest absolute Gasteiger partial charge is 0.330 e. The van der Waals surface area contributed by atoms with E-state index in [0.717, 1.165) is 24.8 Å². The van der Waals surface area contributed by atoms with Gasteiger partial charge in [-0.25, -0.2) is 4.79 Å². The van der Waals surface area contributed by atoms with Gasteiger partial charge in [0, 0.05) is 6.08 Å². The number of rotatable bonds is 4. The third-order valence-corrected chi connectivity index (χ3v) is 8.66. The molecule has 1 aliphatic carbocycles. The van der Waals surface area contributed by atoms with E-state index in [1.807, 2.05) is 6.92 Å². The predicted octanol–water partition coefficient (Wildman–Crippen LogP) is 4.05. The van der Waals surface area contributed by atoms with Gasteiger partial charge >= 0.3 is 5.97 Å². The fourth-order valence-corrected chi connectivity index (χ4v) is 3.34. The van der Waals surface area contributed by atoms with Gasteiger partial charge in [-0.1, -0.05) is 20.8 Å². The standard InChI is InChI=1S/C15H28O3Si/c1-7-17-14(16)11-12-9-8-10-13(12)18-19(5,6)15(2,3)4/h11,13H,7-10H2,1-6H3/b12-11-. The second kappa shape index (κ2) is 6.22. The molecule has 0 aromatic heterocycles. The van der Waals surface area contributed by atoms with Crippen molar-refractivity contribution in [1.29, 1.82) is 0 Å². The fourth-order valence-electron chi connectivity index (χ4n) is 2.01. The average molecular weight is 284 g/mol. The summed E-state index contributed by atoms with van der Waals surface area (Å²) in [6.07, 6.45) is 4.85. The molecule has 1 fully saturated rings. The Morgan fingerprint density at radius 1 is 1.42 bits per heavy atom. The Kier molecular flexibility index (Phi) is 5.39. The molecule has 19 heavy (non-hydrogen) atoms. The molecule has 0 amide bonds. The second-order valence-electron chi connectivity index (χ2n) is 6.73. The minimum Gasteiger partial charge on any atom is -0.463 e. The van der Waals surface area contributed by atoms with E-state index < -0.39 is 8.32 Å². The minimum absolute atomic E-state index is 0.116. The molecule has 1 atom stereocenters. The predicted molar refractivity (Wildman–Crippen MR) is 80.6 cm³/mol. The molecule has 110 valence electrons. The SMILES string of the molecule is CCOC(=O)/C=C1/CCCC1O[Si](C)(C)C(C)(C)C. The lowest BCUT2D eigenvalue weighted by molar-refractivity contribution is -0.137. The Morgan fingerprint density at radius 2 is 2.05 bits per heavy atom. The lowest BCUT2D eigenvalue weighted by Gasteiger charge is -2.38. The second-order valence-corrected chi connectivity index (χ2v) is 11.5. The van der Waals surface area contributed by atoms with Crippen LogP contribution in [0.2, 0.25) is 18.1 Å². The van der Waals surface area contributed by atoms with E-state index in [1.165, 1.54) is 0 Å². The first-order chi connectivity index (χ1) is 8.67. The third kappa shape index (κ3) is 4.46. The van der Waals surface area contributed by atoms with Crippen LogP contribution in [0, 0.1) is 0 Å². The molecule has 1 rings (SSSR count). The first kappa shape index (κ1) is 16.4. The van der Waals surface area contributed by atoms with Crippen LogP contribution in [-0.4, -0.2) is 27.0 Å². The summed E-state index contributed by atoms with van der Waals surface area (Å²) >= 11 is 0. The molecule has 0 aromatic rings. The quantitative estimate of drug-likeness (QED) is 0.444. The highest BCUT2D eigenvalue weighted by atomic mass is 28.4. The molecule has 0 aliphatic heterocycles. The third-order valence-electron chi connectivity index (χ3n) is 4.18. The van der Waals surface area contributed by atoms with Crippen molar-refractivity contribution >= 4 is 14.3 Å². The van der Waals surface area contributed by atoms with E-state index in [0.29, 0.717) is 6.61 Å². The molecule has 0 heterocycles. The highest BCUT2D eigenvalue weighted by Crippen LogP contribution is 2.40. The number of hydrogen-bond acceptors (Lipinski definition) is 3. The van der Waals surface area contributed by atoms with Crippen molar-refractivity contribution in [3.8, 4) is 0 Å². The molecule has 0 spiro atoms. The highest BCUT2D eigenvalue weighted by molar-refractivity contribution is 6.74. The Hall–Kier alpha value is -0.613. The Balaban J connectivity index is 2.75. The number of esters is 1. The molecular formula is C15H28O3Si. The normalized spacial score (nSPS) is 22.8. The van der Waals surface area contributed by atoms with Crippen molar-refractivity contribution in [1.82, 2.24) is 0 Å². The van der Waals surface area contributed by atoms with E-state index in [2.05, 4.69) is 33.9 Å². The Bertz CT molecular complexity index is 353. The summed E-state index contributed by atoms with van der Waals surface area (Å²) in [7, 11) is -1.77. The van der Waals surface area contributed by atoms with E-state index >= 15 is 0 Å². The summed E-state index contributed by atoms with van der Waals surface area (Å²) in [5.41, 5.74) is 1.11. The van der Waals surface area contributed by atoms with Crippen LogP contribution in [0.1, 0.15) is 47.0 Å². The van der Waals surface area contributed by atoms with Gasteiger partial charge in [0.1, 0.15) is 0 Å². The van der Waals surface area contributed by atoms with E-state index in [4.69, 9.17) is 9.16 Å². The van der Waals surface area contributed by atoms with Crippen molar-refractivity contribution in [3.05, 3.63) is 11.6 Å². The van der Waals surface area contributed by atoms with Gasteiger partial charge in [-0.3, -0.25) is 0 Å². The van der Waals surface area contributed by atoms with Crippen LogP contribution in [0.3, 0.4) is 0 Å². The van der Waals surface area contributed by atoms with Gasteiger partial charge in [0.2, 0.25) is 0 Å². The molecule has 0 saturated heterocycles. The van der Waals surface area contributed by atoms with E-state index in [9.17, 15) is 4.79 Å². The molecule has 0 N–H and O–H groups in total. The average Bonchev–Trinajstić information content (AvgIpc) is 2.63. The lowest BCUT2D eigenvalue weighted by Crippen LogP contribution is -2.43. The van der Waals surface area contributed by atoms with Crippen LogP contribution in [0.25, 0.3) is 0 Å². The van der Waals surface area contributed by atoms with Gasteiger partial charge < -0.3 is 9.16 Å². The van der Waals surface area contributed by atoms with Crippen molar-refractivity contribution in [3.63, 3.8) is 0 Å². The van der Waals surface area contributed by atoms with Crippen LogP contribution in [0.15, 0.2) is 11.6 Å². The molecule has 0 aromatic carbocycles. The van der Waals surface area contributed by atoms with Crippen LogP contribution in [0.4, 0.5) is 0 Å². The summed E-state index contributed by atoms with van der Waals surface area (Å²) < 4.78 is 11.4. The number of ether oxygens (including phenoxy) is 1. The van der Waals surface area contributed by atoms with Crippen molar-refractivity contribution < 1.29 is 14.0 Å². The Labute approximate surface area is 118 Å². The van der Waals surface area contributed by atoms with Crippen LogP contribution >= 0.6 is 0 Å².